The third-order valence-electron chi connectivity index (χ3n) is 5.28. The van der Waals surface area contributed by atoms with E-state index in [0.717, 1.165) is 30.3 Å². The summed E-state index contributed by atoms with van der Waals surface area (Å²) in [6.07, 6.45) is 3.92. The van der Waals surface area contributed by atoms with Crippen LogP contribution >= 0.6 is 0 Å². The molecule has 1 aromatic carbocycles. The lowest BCUT2D eigenvalue weighted by Gasteiger charge is -2.21. The Balaban J connectivity index is 2.06. The molecule has 0 unspecified atom stereocenters. The Bertz CT molecular complexity index is 1170. The van der Waals surface area contributed by atoms with Crippen LogP contribution in [0.3, 0.4) is 0 Å². The van der Waals surface area contributed by atoms with Crippen molar-refractivity contribution in [1.29, 1.82) is 0 Å². The van der Waals surface area contributed by atoms with Crippen molar-refractivity contribution in [3.63, 3.8) is 0 Å². The van der Waals surface area contributed by atoms with Gasteiger partial charge in [0, 0.05) is 26.2 Å². The fourth-order valence-corrected chi connectivity index (χ4v) is 5.01. The predicted octanol–water partition coefficient (Wildman–Crippen LogP) is 0.790. The van der Waals surface area contributed by atoms with Crippen LogP contribution in [0.1, 0.15) is 39.5 Å². The van der Waals surface area contributed by atoms with Gasteiger partial charge < -0.3 is 4.90 Å². The molecular formula is C20H28N4O5S. The van der Waals surface area contributed by atoms with Crippen molar-refractivity contribution in [2.75, 3.05) is 13.1 Å². The summed E-state index contributed by atoms with van der Waals surface area (Å²) >= 11 is 0. The second-order valence-electron chi connectivity index (χ2n) is 7.98. The molecule has 10 heteroatoms. The van der Waals surface area contributed by atoms with E-state index in [2.05, 4.69) is 4.72 Å². The molecule has 0 radical (unpaired) electrons. The first-order valence-corrected chi connectivity index (χ1v) is 11.6. The highest BCUT2D eigenvalue weighted by Gasteiger charge is 2.21. The molecule has 1 N–H and O–H groups in total. The number of hydrogen-bond acceptors (Lipinski definition) is 5. The molecular weight excluding hydrogens is 408 g/mol. The van der Waals surface area contributed by atoms with Gasteiger partial charge in [0.25, 0.3) is 5.56 Å². The number of carbonyl (C=O) groups is 1. The van der Waals surface area contributed by atoms with E-state index >= 15 is 0 Å². The molecule has 164 valence electrons. The van der Waals surface area contributed by atoms with E-state index in [9.17, 15) is 22.8 Å². The zero-order valence-corrected chi connectivity index (χ0v) is 18.4. The molecule has 3 rings (SSSR count). The summed E-state index contributed by atoms with van der Waals surface area (Å²) < 4.78 is 29.6. The lowest BCUT2D eigenvalue weighted by molar-refractivity contribution is -0.131. The number of amides is 1. The van der Waals surface area contributed by atoms with Crippen molar-refractivity contribution in [2.24, 2.45) is 7.05 Å². The number of hydrogen-bond donors (Lipinski definition) is 1. The zero-order valence-electron chi connectivity index (χ0n) is 17.6. The van der Waals surface area contributed by atoms with Gasteiger partial charge in [-0.25, -0.2) is 17.9 Å². The minimum Gasteiger partial charge on any atom is -0.341 e. The molecule has 1 aliphatic rings. The van der Waals surface area contributed by atoms with Crippen LogP contribution in [0.5, 0.6) is 0 Å². The predicted molar refractivity (Wildman–Crippen MR) is 114 cm³/mol. The van der Waals surface area contributed by atoms with Crippen molar-refractivity contribution in [2.45, 2.75) is 57.0 Å². The molecule has 1 fully saturated rings. The summed E-state index contributed by atoms with van der Waals surface area (Å²) in [7, 11) is -2.31. The van der Waals surface area contributed by atoms with Gasteiger partial charge in [0.2, 0.25) is 15.9 Å². The molecule has 0 bridgehead atoms. The standard InChI is InChI=1S/C20H28N4O5S/c1-14(2)21-30(28,29)15-8-9-17-16(12-15)19(26)24(20(27)22(17)3)13-18(25)23-10-6-4-5-7-11-23/h8-9,12,14,21H,4-7,10-11,13H2,1-3H3. The number of benzene rings is 1. The van der Waals surface area contributed by atoms with E-state index in [1.165, 1.54) is 29.8 Å². The monoisotopic (exact) mass is 436 g/mol. The van der Waals surface area contributed by atoms with Crippen molar-refractivity contribution in [3.8, 4) is 0 Å². The van der Waals surface area contributed by atoms with Crippen LogP contribution in [0.15, 0.2) is 32.7 Å². The van der Waals surface area contributed by atoms with E-state index in [0.29, 0.717) is 18.6 Å². The third-order valence-corrected chi connectivity index (χ3v) is 6.93. The van der Waals surface area contributed by atoms with Gasteiger partial charge in [0.1, 0.15) is 6.54 Å². The Morgan fingerprint density at radius 2 is 1.73 bits per heavy atom. The largest absolute Gasteiger partial charge is 0.341 e. The molecule has 2 aromatic rings. The first kappa shape index (κ1) is 22.2. The Morgan fingerprint density at radius 1 is 1.10 bits per heavy atom. The van der Waals surface area contributed by atoms with E-state index in [1.54, 1.807) is 18.7 Å². The highest BCUT2D eigenvalue weighted by Crippen LogP contribution is 2.16. The first-order chi connectivity index (χ1) is 14.1. The average molecular weight is 437 g/mol. The molecule has 2 heterocycles. The van der Waals surface area contributed by atoms with Gasteiger partial charge in [-0.05, 0) is 44.9 Å². The molecule has 1 saturated heterocycles. The lowest BCUT2D eigenvalue weighted by Crippen LogP contribution is -2.44. The number of nitrogens with one attached hydrogen (secondary N) is 1. The van der Waals surface area contributed by atoms with Crippen LogP contribution in [0.2, 0.25) is 0 Å². The number of rotatable bonds is 5. The number of sulfonamides is 1. The maximum Gasteiger partial charge on any atom is 0.331 e. The van der Waals surface area contributed by atoms with Gasteiger partial charge in [-0.2, -0.15) is 0 Å². The van der Waals surface area contributed by atoms with Gasteiger partial charge in [0.15, 0.2) is 0 Å². The molecule has 0 spiro atoms. The van der Waals surface area contributed by atoms with Crippen molar-refractivity contribution >= 4 is 26.8 Å². The van der Waals surface area contributed by atoms with Crippen molar-refractivity contribution in [1.82, 2.24) is 18.8 Å². The fourth-order valence-electron chi connectivity index (χ4n) is 3.74. The molecule has 30 heavy (non-hydrogen) atoms. The lowest BCUT2D eigenvalue weighted by atomic mass is 10.2. The minimum absolute atomic E-state index is 0.0650. The number of nitrogens with zero attached hydrogens (tertiary/aromatic N) is 3. The molecule has 0 saturated carbocycles. The number of aromatic nitrogens is 2. The van der Waals surface area contributed by atoms with Gasteiger partial charge in [-0.15, -0.1) is 0 Å². The molecule has 1 aromatic heterocycles. The van der Waals surface area contributed by atoms with Crippen LogP contribution in [-0.4, -0.2) is 47.5 Å². The van der Waals surface area contributed by atoms with Gasteiger partial charge in [0.05, 0.1) is 15.8 Å². The smallest absolute Gasteiger partial charge is 0.331 e. The number of aryl methyl sites for hydroxylation is 1. The highest BCUT2D eigenvalue weighted by atomic mass is 32.2. The Morgan fingerprint density at radius 3 is 2.33 bits per heavy atom. The highest BCUT2D eigenvalue weighted by molar-refractivity contribution is 7.89. The topological polar surface area (TPSA) is 110 Å². The summed E-state index contributed by atoms with van der Waals surface area (Å²) in [5, 5.41) is 0.0763. The zero-order chi connectivity index (χ0) is 22.1. The van der Waals surface area contributed by atoms with Gasteiger partial charge in [-0.1, -0.05) is 12.8 Å². The van der Waals surface area contributed by atoms with Crippen LogP contribution in [0.4, 0.5) is 0 Å². The molecule has 9 nitrogen and oxygen atoms in total. The van der Waals surface area contributed by atoms with Crippen LogP contribution in [0.25, 0.3) is 10.9 Å². The quantitative estimate of drug-likeness (QED) is 0.745. The number of fused-ring (bicyclic) bond motifs is 1. The first-order valence-electron chi connectivity index (χ1n) is 10.2. The summed E-state index contributed by atoms with van der Waals surface area (Å²) in [6, 6.07) is 3.75. The van der Waals surface area contributed by atoms with Gasteiger partial charge in [-0.3, -0.25) is 18.7 Å². The molecule has 0 aliphatic carbocycles. The molecule has 1 amide bonds. The minimum atomic E-state index is -3.81. The van der Waals surface area contributed by atoms with E-state index in [4.69, 9.17) is 0 Å². The van der Waals surface area contributed by atoms with Gasteiger partial charge >= 0.3 is 5.69 Å². The molecule has 1 aliphatic heterocycles. The number of carbonyl (C=O) groups excluding carboxylic acids is 1. The Hall–Kier alpha value is -2.46. The Kier molecular flexibility index (Phi) is 6.47. The third kappa shape index (κ3) is 4.49. The second-order valence-corrected chi connectivity index (χ2v) is 9.70. The van der Waals surface area contributed by atoms with Crippen LogP contribution in [0, 0.1) is 0 Å². The normalized spacial score (nSPS) is 15.5. The van der Waals surface area contributed by atoms with E-state index in [-0.39, 0.29) is 28.8 Å². The maximum absolute atomic E-state index is 13.1. The SMILES string of the molecule is CC(C)NS(=O)(=O)c1ccc2c(c1)c(=O)n(CC(=O)N1CCCCCC1)c(=O)n2C. The summed E-state index contributed by atoms with van der Waals surface area (Å²) in [4.78, 5) is 40.2. The summed E-state index contributed by atoms with van der Waals surface area (Å²) in [5.74, 6) is -0.277. The van der Waals surface area contributed by atoms with Crippen molar-refractivity contribution in [3.05, 3.63) is 39.0 Å². The summed E-state index contributed by atoms with van der Waals surface area (Å²) in [6.45, 7) is 4.27. The van der Waals surface area contributed by atoms with Crippen LogP contribution < -0.4 is 16.0 Å². The van der Waals surface area contributed by atoms with E-state index in [1.807, 2.05) is 0 Å². The second kappa shape index (κ2) is 8.73. The fraction of sp³-hybridized carbons (Fsp3) is 0.550. The summed E-state index contributed by atoms with van der Waals surface area (Å²) in [5.41, 5.74) is -0.962. The van der Waals surface area contributed by atoms with Crippen LogP contribution in [-0.2, 0) is 28.4 Å². The van der Waals surface area contributed by atoms with E-state index < -0.39 is 21.3 Å². The maximum atomic E-state index is 13.1. The van der Waals surface area contributed by atoms with Crippen molar-refractivity contribution < 1.29 is 13.2 Å². The number of likely N-dealkylation sites (tertiary alicyclic amines) is 1. The Labute approximate surface area is 175 Å². The average Bonchev–Trinajstić information content (AvgIpc) is 2.97. The molecule has 0 atom stereocenters.